The highest BCUT2D eigenvalue weighted by atomic mass is 32.2. The smallest absolute Gasteiger partial charge is 0.312 e. The van der Waals surface area contributed by atoms with E-state index in [9.17, 15) is 28.4 Å². The normalized spacial score (nSPS) is 25.3. The third-order valence-corrected chi connectivity index (χ3v) is 18.5. The Balaban J connectivity index is 0.842. The maximum Gasteiger partial charge on any atom is 0.312 e. The van der Waals surface area contributed by atoms with Crippen molar-refractivity contribution < 1.29 is 46.6 Å². The molecule has 20 nitrogen and oxygen atoms in total. The Hall–Kier alpha value is -6.98. The minimum absolute atomic E-state index is 0.0262. The summed E-state index contributed by atoms with van der Waals surface area (Å²) in [6.45, 7) is 11.2. The van der Waals surface area contributed by atoms with Gasteiger partial charge in [-0.05, 0) is 110 Å². The van der Waals surface area contributed by atoms with Crippen LogP contribution < -0.4 is 29.1 Å². The summed E-state index contributed by atoms with van der Waals surface area (Å²) < 4.78 is 68.9. The zero-order chi connectivity index (χ0) is 56.1. The number of aliphatic hydroxyl groups is 1. The summed E-state index contributed by atoms with van der Waals surface area (Å²) in [5, 5.41) is 25.8. The van der Waals surface area contributed by atoms with E-state index in [4.69, 9.17) is 18.9 Å². The highest BCUT2D eigenvalue weighted by molar-refractivity contribution is 7.90. The van der Waals surface area contributed by atoms with Crippen molar-refractivity contribution in [3.63, 3.8) is 0 Å². The number of methoxy groups -OCH3 is 2. The van der Waals surface area contributed by atoms with Crippen LogP contribution in [-0.4, -0.2) is 131 Å². The first-order chi connectivity index (χ1) is 38.4. The van der Waals surface area contributed by atoms with Crippen LogP contribution in [0.5, 0.6) is 23.3 Å². The van der Waals surface area contributed by atoms with Gasteiger partial charge in [-0.1, -0.05) is 38.1 Å². The molecule has 11 rings (SSSR count). The molecule has 5 fully saturated rings. The van der Waals surface area contributed by atoms with Gasteiger partial charge in [0.25, 0.3) is 21.8 Å². The highest BCUT2D eigenvalue weighted by Crippen LogP contribution is 2.57. The number of anilines is 2. The summed E-state index contributed by atoms with van der Waals surface area (Å²) in [6, 6.07) is 20.6. The van der Waals surface area contributed by atoms with Crippen molar-refractivity contribution in [3.05, 3.63) is 124 Å². The fourth-order valence-corrected chi connectivity index (χ4v) is 14.1. The summed E-state index contributed by atoms with van der Waals surface area (Å²) in [5.41, 5.74) is 3.35. The molecule has 22 heteroatoms. The molecule has 3 atom stereocenters. The van der Waals surface area contributed by atoms with Crippen LogP contribution in [0.15, 0.2) is 90.2 Å². The second kappa shape index (κ2) is 22.2. The summed E-state index contributed by atoms with van der Waals surface area (Å²) >= 11 is 0. The average Bonchev–Trinajstić information content (AvgIpc) is 3.92. The largest absolute Gasteiger partial charge is 0.481 e. The number of aromatic amines is 1. The number of H-pyrrole nitrogens is 1. The third-order valence-electron chi connectivity index (χ3n) is 17.2. The molecule has 2 unspecified atom stereocenters. The van der Waals surface area contributed by atoms with Crippen molar-refractivity contribution in [2.45, 2.75) is 119 Å². The van der Waals surface area contributed by atoms with E-state index in [2.05, 4.69) is 88.9 Å². The van der Waals surface area contributed by atoms with E-state index in [-0.39, 0.29) is 69.3 Å². The Morgan fingerprint density at radius 2 is 1.73 bits per heavy atom. The molecule has 80 heavy (non-hydrogen) atoms. The molecular formula is C58H69FN10O10S. The van der Waals surface area contributed by atoms with Gasteiger partial charge in [0.1, 0.15) is 22.1 Å². The van der Waals surface area contributed by atoms with Crippen LogP contribution in [0, 0.1) is 27.3 Å². The average molecular weight is 1120 g/mol. The van der Waals surface area contributed by atoms with E-state index in [1.807, 2.05) is 6.07 Å². The molecular weight excluding hydrogens is 1050 g/mol. The van der Waals surface area contributed by atoms with E-state index >= 15 is 4.39 Å². The Morgan fingerprint density at radius 3 is 2.45 bits per heavy atom. The zero-order valence-electron chi connectivity index (χ0n) is 45.7. The predicted octanol–water partition coefficient (Wildman–Crippen LogP) is 8.88. The number of aromatic nitrogens is 4. The van der Waals surface area contributed by atoms with Crippen molar-refractivity contribution in [1.82, 2.24) is 34.5 Å². The SMILES string of the molecule is COc1cc(CN2CCN(C3CC4(CC5COCC(C4)N5c4ccc(C(=O)NS(=O)(=O)c5cnc(NCC6CCC(C)(O)CC6)c([N+](=O)[O-])c5)c(Oc5cc6c(F)c[nH]c6nc5OC)c4)C3)[C@H](c3ccccc3C(C)C)C2)ccn1. The first-order valence-corrected chi connectivity index (χ1v) is 29.0. The number of piperidine rings is 1. The molecule has 2 bridgehead atoms. The van der Waals surface area contributed by atoms with Gasteiger partial charge in [-0.3, -0.25) is 24.7 Å². The number of fused-ring (bicyclic) bond motifs is 3. The molecule has 3 saturated heterocycles. The van der Waals surface area contributed by atoms with E-state index in [1.54, 1.807) is 32.4 Å². The Labute approximate surface area is 464 Å². The van der Waals surface area contributed by atoms with E-state index < -0.39 is 42.9 Å². The number of hydrogen-bond donors (Lipinski definition) is 4. The number of rotatable bonds is 17. The number of morpholine rings is 1. The zero-order valence-corrected chi connectivity index (χ0v) is 46.5. The van der Waals surface area contributed by atoms with Crippen molar-refractivity contribution in [2.24, 2.45) is 11.3 Å². The van der Waals surface area contributed by atoms with E-state index in [1.165, 1.54) is 35.9 Å². The molecule has 1 spiro atoms. The van der Waals surface area contributed by atoms with Gasteiger partial charge in [-0.15, -0.1) is 0 Å². The van der Waals surface area contributed by atoms with Crippen molar-refractivity contribution in [1.29, 1.82) is 0 Å². The Morgan fingerprint density at radius 1 is 0.975 bits per heavy atom. The third kappa shape index (κ3) is 11.2. The fraction of sp³-hybridized carbons (Fsp3) is 0.483. The standard InChI is InChI=1S/C58H69FN10O10S/c1-35(2)43-8-6-7-9-44(43)49-32-66(31-37-14-17-60-52(20-37)76-4)18-19-67(49)39-24-58(25-39)26-40-33-78-34-41(27-58)68(40)38-10-11-45(50(21-38)79-51-23-46-47(59)30-63-53(46)64-56(51)77-5)55(70)65-80(74,75)42-22-48(69(72)73)54(62-29-42)61-28-36-12-15-57(3,71)16-13-36/h6-11,14,17,20-23,29-30,35-36,39-41,49,71H,12-13,15-16,18-19,24-28,31-34H2,1-5H3,(H,61,62)(H,63,64)(H,65,70)/t36?,39?,40?,41?,49-,57?,58?/m0/s1. The topological polar surface area (TPSA) is 240 Å². The number of nitro groups is 1. The van der Waals surface area contributed by atoms with Gasteiger partial charge in [0.2, 0.25) is 11.7 Å². The van der Waals surface area contributed by atoms with Crippen molar-refractivity contribution in [2.75, 3.05) is 63.8 Å². The van der Waals surface area contributed by atoms with Crippen LogP contribution in [0.3, 0.4) is 0 Å². The Bertz CT molecular complexity index is 3380. The maximum absolute atomic E-state index is 15.0. The first kappa shape index (κ1) is 55.0. The number of sulfonamides is 1. The first-order valence-electron chi connectivity index (χ1n) is 27.5. The van der Waals surface area contributed by atoms with Crippen LogP contribution in [0.4, 0.5) is 21.6 Å². The molecule has 6 aromatic rings. The molecule has 4 aromatic heterocycles. The molecule has 5 aliphatic rings. The van der Waals surface area contributed by atoms with Gasteiger partial charge in [0.05, 0.1) is 67.2 Å². The minimum atomic E-state index is -4.77. The molecule has 0 radical (unpaired) electrons. The number of nitrogens with one attached hydrogen (secondary N) is 3. The van der Waals surface area contributed by atoms with Crippen LogP contribution in [0.2, 0.25) is 0 Å². The van der Waals surface area contributed by atoms with Gasteiger partial charge in [-0.25, -0.2) is 27.5 Å². The number of carbonyl (C=O) groups is 1. The number of halogens is 1. The molecule has 3 aliphatic heterocycles. The highest BCUT2D eigenvalue weighted by Gasteiger charge is 2.55. The summed E-state index contributed by atoms with van der Waals surface area (Å²) in [7, 11) is -1.76. The van der Waals surface area contributed by atoms with E-state index in [0.717, 1.165) is 70.3 Å². The molecule has 2 aromatic carbocycles. The number of hydrogen-bond acceptors (Lipinski definition) is 17. The number of carbonyl (C=O) groups excluding carboxylic acids is 1. The lowest BCUT2D eigenvalue weighted by Crippen LogP contribution is -2.65. The summed E-state index contributed by atoms with van der Waals surface area (Å²) in [4.78, 5) is 48.6. The number of piperazine rings is 1. The van der Waals surface area contributed by atoms with Gasteiger partial charge in [-0.2, -0.15) is 4.98 Å². The number of ether oxygens (including phenoxy) is 4. The lowest BCUT2D eigenvalue weighted by molar-refractivity contribution is -0.384. The van der Waals surface area contributed by atoms with Gasteiger partial charge in [0.15, 0.2) is 5.75 Å². The lowest BCUT2D eigenvalue weighted by Gasteiger charge is -2.62. The number of amides is 1. The minimum Gasteiger partial charge on any atom is -0.481 e. The van der Waals surface area contributed by atoms with E-state index in [0.29, 0.717) is 69.0 Å². The van der Waals surface area contributed by atoms with Gasteiger partial charge >= 0.3 is 5.69 Å². The molecule has 424 valence electrons. The predicted molar refractivity (Wildman–Crippen MR) is 297 cm³/mol. The molecule has 2 aliphatic carbocycles. The second-order valence-electron chi connectivity index (χ2n) is 23.1. The molecule has 1 amide bonds. The summed E-state index contributed by atoms with van der Waals surface area (Å²) in [6.07, 6.45) is 10.3. The van der Waals surface area contributed by atoms with Crippen LogP contribution in [0.1, 0.15) is 111 Å². The van der Waals surface area contributed by atoms with Crippen LogP contribution >= 0.6 is 0 Å². The molecule has 7 heterocycles. The molecule has 4 N–H and O–H groups in total. The van der Waals surface area contributed by atoms with Crippen LogP contribution in [0.25, 0.3) is 11.0 Å². The fourth-order valence-electron chi connectivity index (χ4n) is 13.2. The quantitative estimate of drug-likeness (QED) is 0.0492. The Kier molecular flexibility index (Phi) is 15.2. The number of benzene rings is 2. The van der Waals surface area contributed by atoms with Crippen molar-refractivity contribution >= 4 is 44.2 Å². The van der Waals surface area contributed by atoms with Crippen LogP contribution in [-0.2, 0) is 21.3 Å². The van der Waals surface area contributed by atoms with Gasteiger partial charge in [0, 0.05) is 87.2 Å². The molecule has 2 saturated carbocycles. The summed E-state index contributed by atoms with van der Waals surface area (Å²) in [5.74, 6) is -0.857. The maximum atomic E-state index is 15.0. The lowest BCUT2D eigenvalue weighted by atomic mass is 9.56. The monoisotopic (exact) mass is 1120 g/mol. The second-order valence-corrected chi connectivity index (χ2v) is 24.7. The number of pyridine rings is 3. The number of nitrogens with zero attached hydrogens (tertiary/aromatic N) is 7. The van der Waals surface area contributed by atoms with Gasteiger partial charge < -0.3 is 39.3 Å². The van der Waals surface area contributed by atoms with Crippen molar-refractivity contribution in [3.8, 4) is 23.3 Å².